The third-order valence-corrected chi connectivity index (χ3v) is 13.2. The van der Waals surface area contributed by atoms with E-state index in [1.165, 1.54) is 6.07 Å². The van der Waals surface area contributed by atoms with E-state index in [2.05, 4.69) is 24.2 Å². The molecule has 1 heterocycles. The van der Waals surface area contributed by atoms with Gasteiger partial charge in [0.25, 0.3) is 0 Å². The number of amides is 1. The smallest absolute Gasteiger partial charge is 0.335 e. The first-order valence-corrected chi connectivity index (χ1v) is 18.4. The normalized spacial score (nSPS) is 35.1. The summed E-state index contributed by atoms with van der Waals surface area (Å²) in [6.45, 7) is 4.65. The average Bonchev–Trinajstić information content (AvgIpc) is 3.33. The molecule has 0 aromatic carbocycles. The number of nitrogens with one attached hydrogen (secondary N) is 1. The van der Waals surface area contributed by atoms with Crippen molar-refractivity contribution in [2.75, 3.05) is 6.54 Å². The minimum atomic E-state index is -1.12. The maximum Gasteiger partial charge on any atom is 0.335 e. The first kappa shape index (κ1) is 37.8. The van der Waals surface area contributed by atoms with Gasteiger partial charge in [0.15, 0.2) is 5.96 Å². The van der Waals surface area contributed by atoms with E-state index < -0.39 is 28.6 Å². The van der Waals surface area contributed by atoms with Crippen molar-refractivity contribution in [2.45, 2.75) is 146 Å². The fourth-order valence-electron chi connectivity index (χ4n) is 10.4. The SMILES string of the molecule is C[C@]12CC[C@H](OC(=O)CCCCCC(=O)N[C@@H](CCCN=C(N)N)C(=O)O)C[C@@]1(O)CC[C@@H]1[C@@H]2CC[C@]2(C)[C@@H](c3ccc(=O)oc3)CC[C@]12O. The molecule has 0 unspecified atom stereocenters. The van der Waals surface area contributed by atoms with E-state index in [0.717, 1.165) is 24.8 Å². The molecular weight excluding hydrogens is 644 g/mol. The number of hydrogen-bond acceptors (Lipinski definition) is 9. The van der Waals surface area contributed by atoms with Crippen molar-refractivity contribution in [3.63, 3.8) is 0 Å². The molecule has 8 N–H and O–H groups in total. The molecule has 50 heavy (non-hydrogen) atoms. The maximum absolute atomic E-state index is 12.8. The molecule has 4 aliphatic carbocycles. The van der Waals surface area contributed by atoms with Crippen molar-refractivity contribution >= 4 is 23.8 Å². The van der Waals surface area contributed by atoms with Gasteiger partial charge in [0.2, 0.25) is 5.91 Å². The van der Waals surface area contributed by atoms with E-state index in [4.69, 9.17) is 20.6 Å². The third-order valence-electron chi connectivity index (χ3n) is 13.2. The van der Waals surface area contributed by atoms with Gasteiger partial charge >= 0.3 is 17.6 Å². The van der Waals surface area contributed by atoms with Crippen LogP contribution in [0, 0.1) is 22.7 Å². The van der Waals surface area contributed by atoms with E-state index >= 15 is 0 Å². The fourth-order valence-corrected chi connectivity index (χ4v) is 10.4. The third kappa shape index (κ3) is 7.44. The second kappa shape index (κ2) is 15.0. The second-order valence-corrected chi connectivity index (χ2v) is 15.9. The molecule has 4 fully saturated rings. The lowest BCUT2D eigenvalue weighted by Gasteiger charge is -2.66. The highest BCUT2D eigenvalue weighted by molar-refractivity contribution is 5.83. The van der Waals surface area contributed by atoms with Gasteiger partial charge in [0, 0.05) is 37.3 Å². The van der Waals surface area contributed by atoms with E-state index in [0.29, 0.717) is 64.2 Å². The van der Waals surface area contributed by atoms with E-state index in [1.54, 1.807) is 6.26 Å². The van der Waals surface area contributed by atoms with Crippen LogP contribution in [0.3, 0.4) is 0 Å². The standard InChI is InChI=1S/C37H56N4O9/c1-34-16-12-24(50-31(44)9-5-3-4-8-29(42)41-28(32(45)46)7-6-20-40-33(38)39)21-36(34,47)18-14-27-26(34)13-17-35(2)25(15-19-37(27,35)48)23-10-11-30(43)49-22-23/h10-11,22,24-28,47-48H,3-9,12-21H2,1-2H3,(H,41,42)(H,45,46)(H4,38,39,40)/t24-,25+,26-,27+,28-,34+,35+,36-,37-/m0/s1. The second-order valence-electron chi connectivity index (χ2n) is 15.9. The van der Waals surface area contributed by atoms with Crippen LogP contribution < -0.4 is 22.4 Å². The van der Waals surface area contributed by atoms with Crippen LogP contribution >= 0.6 is 0 Å². The van der Waals surface area contributed by atoms with Crippen LogP contribution in [0.15, 0.2) is 32.6 Å². The van der Waals surface area contributed by atoms with Gasteiger partial charge in [-0.25, -0.2) is 9.59 Å². The van der Waals surface area contributed by atoms with Crippen LogP contribution in [-0.2, 0) is 19.1 Å². The Morgan fingerprint density at radius 3 is 2.38 bits per heavy atom. The molecule has 1 amide bonds. The van der Waals surface area contributed by atoms with Crippen molar-refractivity contribution in [1.82, 2.24) is 5.32 Å². The molecule has 13 nitrogen and oxygen atoms in total. The molecule has 0 bridgehead atoms. The molecule has 1 aromatic rings. The predicted molar refractivity (Wildman–Crippen MR) is 185 cm³/mol. The average molecular weight is 701 g/mol. The summed E-state index contributed by atoms with van der Waals surface area (Å²) in [6.07, 6.45) is 10.1. The van der Waals surface area contributed by atoms with Gasteiger partial charge in [-0.1, -0.05) is 20.3 Å². The quantitative estimate of drug-likeness (QED) is 0.0712. The number of carbonyl (C=O) groups excluding carboxylic acids is 2. The lowest BCUT2D eigenvalue weighted by molar-refractivity contribution is -0.255. The molecule has 5 rings (SSSR count). The molecule has 0 spiro atoms. The number of rotatable bonds is 14. The summed E-state index contributed by atoms with van der Waals surface area (Å²) in [7, 11) is 0. The Balaban J connectivity index is 1.07. The number of nitrogens with zero attached hydrogens (tertiary/aromatic N) is 1. The van der Waals surface area contributed by atoms with Crippen LogP contribution in [0.5, 0.6) is 0 Å². The summed E-state index contributed by atoms with van der Waals surface area (Å²) >= 11 is 0. The number of guanidine groups is 1. The van der Waals surface area contributed by atoms with E-state index in [9.17, 15) is 34.5 Å². The Kier molecular flexibility index (Phi) is 11.4. The van der Waals surface area contributed by atoms with Crippen LogP contribution in [0.2, 0.25) is 0 Å². The summed E-state index contributed by atoms with van der Waals surface area (Å²) < 4.78 is 11.1. The number of nitrogens with two attached hydrogens (primary N) is 2. The van der Waals surface area contributed by atoms with Crippen molar-refractivity contribution in [3.05, 3.63) is 34.4 Å². The number of esters is 1. The molecule has 9 atom stereocenters. The molecule has 1 aromatic heterocycles. The van der Waals surface area contributed by atoms with Crippen molar-refractivity contribution in [1.29, 1.82) is 0 Å². The number of carboxylic acids is 1. The van der Waals surface area contributed by atoms with E-state index in [1.807, 2.05) is 6.07 Å². The Labute approximate surface area is 293 Å². The Bertz CT molecular complexity index is 1470. The van der Waals surface area contributed by atoms with Crippen molar-refractivity contribution in [3.8, 4) is 0 Å². The zero-order chi connectivity index (χ0) is 36.3. The van der Waals surface area contributed by atoms with E-state index in [-0.39, 0.29) is 78.5 Å². The first-order chi connectivity index (χ1) is 23.6. The lowest BCUT2D eigenvalue weighted by atomic mass is 9.42. The van der Waals surface area contributed by atoms with Gasteiger partial charge in [-0.05, 0) is 112 Å². The first-order valence-electron chi connectivity index (χ1n) is 18.4. The number of ether oxygens (including phenoxy) is 1. The number of unbranched alkanes of at least 4 members (excludes halogenated alkanes) is 2. The minimum Gasteiger partial charge on any atom is -0.480 e. The van der Waals surface area contributed by atoms with Crippen molar-refractivity contribution < 1.29 is 38.9 Å². The monoisotopic (exact) mass is 700 g/mol. The fraction of sp³-hybridized carbons (Fsp3) is 0.757. The zero-order valence-electron chi connectivity index (χ0n) is 29.5. The Morgan fingerprint density at radius 1 is 0.960 bits per heavy atom. The van der Waals surface area contributed by atoms with Crippen LogP contribution in [-0.4, -0.2) is 69.0 Å². The molecule has 0 radical (unpaired) electrons. The maximum atomic E-state index is 12.8. The summed E-state index contributed by atoms with van der Waals surface area (Å²) in [5.41, 5.74) is 8.51. The molecule has 0 saturated heterocycles. The molecular formula is C37H56N4O9. The summed E-state index contributed by atoms with van der Waals surface area (Å²) in [5.74, 6) is -1.55. The van der Waals surface area contributed by atoms with Crippen LogP contribution in [0.4, 0.5) is 0 Å². The number of aliphatic imine (C=N–C) groups is 1. The highest BCUT2D eigenvalue weighted by Crippen LogP contribution is 2.71. The number of aliphatic carboxylic acids is 1. The topological polar surface area (TPSA) is 228 Å². The van der Waals surface area contributed by atoms with Gasteiger partial charge in [-0.2, -0.15) is 0 Å². The minimum absolute atomic E-state index is 0.0550. The lowest BCUT2D eigenvalue weighted by Crippen LogP contribution is -2.67. The Morgan fingerprint density at radius 2 is 1.68 bits per heavy atom. The summed E-state index contributed by atoms with van der Waals surface area (Å²) in [4.78, 5) is 52.0. The molecule has 4 aliphatic rings. The summed E-state index contributed by atoms with van der Waals surface area (Å²) in [6, 6.07) is 2.28. The number of carboxylic acid groups (broad SMARTS) is 1. The predicted octanol–water partition coefficient (Wildman–Crippen LogP) is 3.48. The van der Waals surface area contributed by atoms with Crippen molar-refractivity contribution in [2.24, 2.45) is 39.1 Å². The molecule has 0 aliphatic heterocycles. The summed E-state index contributed by atoms with van der Waals surface area (Å²) in [5, 5.41) is 36.6. The highest BCUT2D eigenvalue weighted by atomic mass is 16.5. The van der Waals surface area contributed by atoms with Crippen LogP contribution in [0.1, 0.15) is 128 Å². The Hall–Kier alpha value is -3.45. The number of aliphatic hydroxyl groups is 2. The van der Waals surface area contributed by atoms with Gasteiger partial charge in [-0.3, -0.25) is 14.6 Å². The van der Waals surface area contributed by atoms with Crippen LogP contribution in [0.25, 0.3) is 0 Å². The largest absolute Gasteiger partial charge is 0.480 e. The highest BCUT2D eigenvalue weighted by Gasteiger charge is 2.70. The van der Waals surface area contributed by atoms with Gasteiger partial charge in [0.05, 0.1) is 17.5 Å². The number of fused-ring (bicyclic) bond motifs is 5. The molecule has 4 saturated carbocycles. The zero-order valence-corrected chi connectivity index (χ0v) is 29.5. The van der Waals surface area contributed by atoms with Gasteiger partial charge < -0.3 is 41.3 Å². The van der Waals surface area contributed by atoms with Gasteiger partial charge in [-0.15, -0.1) is 0 Å². The number of hydrogen-bond donors (Lipinski definition) is 6. The van der Waals surface area contributed by atoms with Gasteiger partial charge in [0.1, 0.15) is 12.1 Å². The molecule has 278 valence electrons. The molecule has 13 heteroatoms. The number of carbonyl (C=O) groups is 3.